The van der Waals surface area contributed by atoms with Crippen LogP contribution in [0.5, 0.6) is 0 Å². The maximum absolute atomic E-state index is 12.2. The largest absolute Gasteiger partial charge is 0.341 e. The average Bonchev–Trinajstić information content (AvgIpc) is 2.48. The second-order valence-electron chi connectivity index (χ2n) is 5.12. The third-order valence-corrected chi connectivity index (χ3v) is 3.37. The van der Waals surface area contributed by atoms with E-state index in [9.17, 15) is 9.59 Å². The molecule has 0 aliphatic rings. The Morgan fingerprint density at radius 1 is 1.14 bits per heavy atom. The van der Waals surface area contributed by atoms with Crippen LogP contribution >= 0.6 is 0 Å². The summed E-state index contributed by atoms with van der Waals surface area (Å²) in [6.07, 6.45) is 1.85. The zero-order valence-electron chi connectivity index (χ0n) is 12.3. The number of aromatic nitrogens is 2. The van der Waals surface area contributed by atoms with Crippen molar-refractivity contribution in [1.82, 2.24) is 9.38 Å². The summed E-state index contributed by atoms with van der Waals surface area (Å²) in [5.41, 5.74) is 1.84. The molecule has 3 aromatic rings. The van der Waals surface area contributed by atoms with Crippen LogP contribution in [0, 0.1) is 6.92 Å². The Bertz CT molecular complexity index is 914. The van der Waals surface area contributed by atoms with E-state index >= 15 is 0 Å². The van der Waals surface area contributed by atoms with Gasteiger partial charge in [-0.25, -0.2) is 0 Å². The number of hydrogen-bond donors (Lipinski definition) is 1. The maximum Gasteiger partial charge on any atom is 0.286 e. The number of aryl methyl sites for hydroxylation is 1. The monoisotopic (exact) mass is 293 g/mol. The molecule has 0 radical (unpaired) electrons. The number of ketones is 1. The van der Waals surface area contributed by atoms with Crippen LogP contribution in [0.25, 0.3) is 5.65 Å². The first kappa shape index (κ1) is 14.0. The molecule has 0 aliphatic heterocycles. The molecule has 1 aromatic carbocycles. The van der Waals surface area contributed by atoms with Gasteiger partial charge in [-0.3, -0.25) is 14.0 Å². The number of benzene rings is 1. The predicted molar refractivity (Wildman–Crippen MR) is 85.9 cm³/mol. The van der Waals surface area contributed by atoms with Crippen molar-refractivity contribution < 1.29 is 4.79 Å². The quantitative estimate of drug-likeness (QED) is 0.754. The van der Waals surface area contributed by atoms with Crippen LogP contribution in [-0.2, 0) is 0 Å². The fraction of sp³-hybridized carbons (Fsp3) is 0.118. The van der Waals surface area contributed by atoms with Crippen molar-refractivity contribution >= 4 is 22.9 Å². The smallest absolute Gasteiger partial charge is 0.286 e. The second-order valence-corrected chi connectivity index (χ2v) is 5.12. The van der Waals surface area contributed by atoms with Crippen LogP contribution in [0.3, 0.4) is 0 Å². The van der Waals surface area contributed by atoms with Crippen LogP contribution in [0.1, 0.15) is 22.8 Å². The summed E-state index contributed by atoms with van der Waals surface area (Å²) < 4.78 is 1.74. The summed E-state index contributed by atoms with van der Waals surface area (Å²) in [6, 6.07) is 13.0. The van der Waals surface area contributed by atoms with Gasteiger partial charge in [-0.1, -0.05) is 24.3 Å². The van der Waals surface area contributed by atoms with Crippen molar-refractivity contribution in [2.45, 2.75) is 13.8 Å². The average molecular weight is 293 g/mol. The Kier molecular flexibility index (Phi) is 3.47. The lowest BCUT2D eigenvalue weighted by molar-refractivity contribution is 0.101. The fourth-order valence-corrected chi connectivity index (χ4v) is 2.35. The molecule has 5 nitrogen and oxygen atoms in total. The summed E-state index contributed by atoms with van der Waals surface area (Å²) in [4.78, 5) is 28.1. The van der Waals surface area contributed by atoms with Crippen LogP contribution in [0.15, 0.2) is 53.5 Å². The Hall–Kier alpha value is -2.95. The highest BCUT2D eigenvalue weighted by atomic mass is 16.1. The van der Waals surface area contributed by atoms with Crippen molar-refractivity contribution in [1.29, 1.82) is 0 Å². The number of nitrogens with zero attached hydrogens (tertiary/aromatic N) is 2. The lowest BCUT2D eigenvalue weighted by Gasteiger charge is -2.14. The van der Waals surface area contributed by atoms with E-state index in [0.717, 1.165) is 11.3 Å². The van der Waals surface area contributed by atoms with Gasteiger partial charge in [0.2, 0.25) is 0 Å². The molecular formula is C17H15N3O2. The van der Waals surface area contributed by atoms with Crippen LogP contribution in [0.2, 0.25) is 0 Å². The van der Waals surface area contributed by atoms with Crippen molar-refractivity contribution in [2.75, 3.05) is 5.32 Å². The molecule has 0 atom stereocenters. The third kappa shape index (κ3) is 2.48. The molecule has 2 aromatic heterocycles. The number of anilines is 2. The number of Topliss-reactive ketones (excluding diaryl/α,β-unsaturated/α-hetero) is 1. The lowest BCUT2D eigenvalue weighted by atomic mass is 10.2. The van der Waals surface area contributed by atoms with Crippen molar-refractivity contribution in [3.05, 3.63) is 70.1 Å². The molecule has 5 heteroatoms. The molecule has 0 fully saturated rings. The zero-order valence-corrected chi connectivity index (χ0v) is 12.3. The molecule has 3 rings (SSSR count). The van der Waals surface area contributed by atoms with Gasteiger partial charge in [0, 0.05) is 11.9 Å². The van der Waals surface area contributed by atoms with E-state index in [4.69, 9.17) is 0 Å². The van der Waals surface area contributed by atoms with Crippen LogP contribution in [0.4, 0.5) is 11.5 Å². The molecule has 0 aliphatic carbocycles. The van der Waals surface area contributed by atoms with Gasteiger partial charge in [-0.15, -0.1) is 0 Å². The van der Waals surface area contributed by atoms with Crippen LogP contribution in [-0.4, -0.2) is 15.2 Å². The number of nitrogens with one attached hydrogen (secondary N) is 1. The lowest BCUT2D eigenvalue weighted by Crippen LogP contribution is -2.22. The molecule has 1 N–H and O–H groups in total. The number of pyridine rings is 1. The third-order valence-electron chi connectivity index (χ3n) is 3.37. The molecule has 0 bridgehead atoms. The number of fused-ring (bicyclic) bond motifs is 1. The van der Waals surface area contributed by atoms with E-state index in [0.29, 0.717) is 11.5 Å². The Morgan fingerprint density at radius 3 is 2.55 bits per heavy atom. The standard InChI is InChI=1S/C17H15N3O2/c1-11-8-9-14-19-17(22)15(12(2)21)16(20(14)10-11)18-13-6-4-3-5-7-13/h3-10,18H,1-2H3. The minimum atomic E-state index is -0.519. The highest BCUT2D eigenvalue weighted by Gasteiger charge is 2.17. The van der Waals surface area contributed by atoms with E-state index in [-0.39, 0.29) is 11.3 Å². The maximum atomic E-state index is 12.2. The van der Waals surface area contributed by atoms with E-state index < -0.39 is 5.56 Å². The van der Waals surface area contributed by atoms with E-state index in [2.05, 4.69) is 10.3 Å². The van der Waals surface area contributed by atoms with E-state index in [1.807, 2.05) is 49.5 Å². The number of hydrogen-bond acceptors (Lipinski definition) is 4. The molecule has 22 heavy (non-hydrogen) atoms. The van der Waals surface area contributed by atoms with E-state index in [1.165, 1.54) is 6.92 Å². The number of carbonyl (C=O) groups is 1. The first-order valence-electron chi connectivity index (χ1n) is 6.92. The fourth-order valence-electron chi connectivity index (χ4n) is 2.35. The van der Waals surface area contributed by atoms with Gasteiger partial charge in [-0.2, -0.15) is 4.98 Å². The highest BCUT2D eigenvalue weighted by molar-refractivity contribution is 5.99. The normalized spacial score (nSPS) is 10.6. The van der Waals surface area contributed by atoms with Gasteiger partial charge < -0.3 is 5.32 Å². The SMILES string of the molecule is CC(=O)c1c(Nc2ccccc2)n2cc(C)ccc2nc1=O. The zero-order chi connectivity index (χ0) is 15.7. The summed E-state index contributed by atoms with van der Waals surface area (Å²) in [6.45, 7) is 3.31. The van der Waals surface area contributed by atoms with Crippen molar-refractivity contribution in [3.8, 4) is 0 Å². The predicted octanol–water partition coefficient (Wildman–Crippen LogP) is 2.95. The molecule has 0 spiro atoms. The first-order valence-corrected chi connectivity index (χ1v) is 6.92. The number of rotatable bonds is 3. The van der Waals surface area contributed by atoms with Gasteiger partial charge in [0.25, 0.3) is 5.56 Å². The number of para-hydroxylation sites is 1. The van der Waals surface area contributed by atoms with Gasteiger partial charge in [0.05, 0.1) is 0 Å². The Balaban J connectivity index is 2.32. The molecule has 0 saturated carbocycles. The van der Waals surface area contributed by atoms with Gasteiger partial charge >= 0.3 is 0 Å². The van der Waals surface area contributed by atoms with E-state index in [1.54, 1.807) is 10.5 Å². The molecule has 110 valence electrons. The summed E-state index contributed by atoms with van der Waals surface area (Å²) >= 11 is 0. The molecule has 2 heterocycles. The summed E-state index contributed by atoms with van der Waals surface area (Å²) in [5.74, 6) is 0.129. The molecule has 0 saturated heterocycles. The molecule has 0 unspecified atom stereocenters. The van der Waals surface area contributed by atoms with Gasteiger partial charge in [0.15, 0.2) is 5.78 Å². The van der Waals surface area contributed by atoms with Gasteiger partial charge in [0.1, 0.15) is 17.0 Å². The second kappa shape index (κ2) is 5.44. The van der Waals surface area contributed by atoms with Crippen molar-refractivity contribution in [2.24, 2.45) is 0 Å². The minimum Gasteiger partial charge on any atom is -0.341 e. The Labute approximate surface area is 127 Å². The minimum absolute atomic E-state index is 0.0620. The highest BCUT2D eigenvalue weighted by Crippen LogP contribution is 2.20. The first-order chi connectivity index (χ1) is 10.6. The number of carbonyl (C=O) groups excluding carboxylic acids is 1. The summed E-state index contributed by atoms with van der Waals surface area (Å²) in [5, 5.41) is 3.17. The topological polar surface area (TPSA) is 63.5 Å². The molecule has 0 amide bonds. The Morgan fingerprint density at radius 2 is 1.86 bits per heavy atom. The van der Waals surface area contributed by atoms with Gasteiger partial charge in [-0.05, 0) is 37.6 Å². The van der Waals surface area contributed by atoms with Crippen molar-refractivity contribution in [3.63, 3.8) is 0 Å². The molecular weight excluding hydrogens is 278 g/mol. The summed E-state index contributed by atoms with van der Waals surface area (Å²) in [7, 11) is 0. The van der Waals surface area contributed by atoms with Crippen LogP contribution < -0.4 is 10.9 Å².